The molecule has 1 saturated carbocycles. The second kappa shape index (κ2) is 1.45. The Balaban J connectivity index is 2.00. The highest BCUT2D eigenvalue weighted by Gasteiger charge is 2.43. The van der Waals surface area contributed by atoms with E-state index in [0.717, 1.165) is 6.04 Å². The molecule has 0 aromatic heterocycles. The number of nitrogens with one attached hydrogen (secondary N) is 1. The Bertz CT molecular complexity index is 98.7. The van der Waals surface area contributed by atoms with Crippen LogP contribution in [0.1, 0.15) is 12.8 Å². The molecule has 0 aromatic carbocycles. The topological polar surface area (TPSA) is 21.3 Å². The maximum absolute atomic E-state index is 5.20. The lowest BCUT2D eigenvalue weighted by atomic mass is 10.1. The molecule has 2 heteroatoms. The fraction of sp³-hybridized carbons (Fsp3) is 1.00. The van der Waals surface area contributed by atoms with E-state index in [1.54, 1.807) is 7.11 Å². The third-order valence-corrected chi connectivity index (χ3v) is 2.26. The van der Waals surface area contributed by atoms with Gasteiger partial charge < -0.3 is 10.1 Å². The summed E-state index contributed by atoms with van der Waals surface area (Å²) in [7, 11) is 1.80. The molecule has 1 N–H and O–H groups in total. The lowest BCUT2D eigenvalue weighted by molar-refractivity contribution is 0.0968. The minimum atomic E-state index is 0.528. The molecule has 0 aromatic rings. The van der Waals surface area contributed by atoms with Gasteiger partial charge in [-0.15, -0.1) is 0 Å². The largest absolute Gasteiger partial charge is 0.380 e. The fourth-order valence-electron chi connectivity index (χ4n) is 1.71. The SMILES string of the molecule is CO[C@@H]1C[C@H]2C[C@@H]1N2. The highest BCUT2D eigenvalue weighted by atomic mass is 16.5. The molecule has 46 valence electrons. The molecule has 0 spiro atoms. The first-order valence-electron chi connectivity index (χ1n) is 3.19. The van der Waals surface area contributed by atoms with Gasteiger partial charge >= 0.3 is 0 Å². The van der Waals surface area contributed by atoms with Gasteiger partial charge in [0.2, 0.25) is 0 Å². The van der Waals surface area contributed by atoms with Gasteiger partial charge in [-0.1, -0.05) is 0 Å². The Labute approximate surface area is 49.2 Å². The van der Waals surface area contributed by atoms with Crippen LogP contribution >= 0.6 is 0 Å². The number of fused-ring (bicyclic) bond motifs is 1. The van der Waals surface area contributed by atoms with Crippen molar-refractivity contribution in [2.24, 2.45) is 0 Å². The van der Waals surface area contributed by atoms with E-state index in [2.05, 4.69) is 5.32 Å². The fourth-order valence-corrected chi connectivity index (χ4v) is 1.71. The first-order valence-corrected chi connectivity index (χ1v) is 3.19. The lowest BCUT2D eigenvalue weighted by Crippen LogP contribution is -2.46. The zero-order valence-electron chi connectivity index (χ0n) is 5.05. The van der Waals surface area contributed by atoms with Crippen molar-refractivity contribution in [3.8, 4) is 0 Å². The van der Waals surface area contributed by atoms with Gasteiger partial charge in [0, 0.05) is 19.2 Å². The van der Waals surface area contributed by atoms with Crippen molar-refractivity contribution in [1.82, 2.24) is 5.32 Å². The van der Waals surface area contributed by atoms with Crippen molar-refractivity contribution < 1.29 is 4.74 Å². The molecule has 2 saturated heterocycles. The van der Waals surface area contributed by atoms with Crippen LogP contribution in [0.2, 0.25) is 0 Å². The summed E-state index contributed by atoms with van der Waals surface area (Å²) in [5, 5.41) is 3.39. The second-order valence-electron chi connectivity index (χ2n) is 2.72. The van der Waals surface area contributed by atoms with E-state index in [1.807, 2.05) is 0 Å². The van der Waals surface area contributed by atoms with Crippen LogP contribution in [-0.2, 0) is 4.74 Å². The molecule has 0 unspecified atom stereocenters. The molecule has 8 heavy (non-hydrogen) atoms. The Morgan fingerprint density at radius 1 is 1.50 bits per heavy atom. The van der Waals surface area contributed by atoms with Crippen molar-refractivity contribution in [3.05, 3.63) is 0 Å². The average molecular weight is 113 g/mol. The summed E-state index contributed by atoms with van der Waals surface area (Å²) in [6.07, 6.45) is 3.11. The van der Waals surface area contributed by atoms with Crippen LogP contribution in [0.25, 0.3) is 0 Å². The number of methoxy groups -OCH3 is 1. The van der Waals surface area contributed by atoms with E-state index in [1.165, 1.54) is 12.8 Å². The Morgan fingerprint density at radius 3 is 2.50 bits per heavy atom. The van der Waals surface area contributed by atoms with Gasteiger partial charge in [0.1, 0.15) is 0 Å². The van der Waals surface area contributed by atoms with E-state index in [0.29, 0.717) is 12.1 Å². The maximum atomic E-state index is 5.20. The smallest absolute Gasteiger partial charge is 0.0739 e. The molecule has 2 aliphatic heterocycles. The van der Waals surface area contributed by atoms with Crippen molar-refractivity contribution in [2.45, 2.75) is 31.0 Å². The molecular weight excluding hydrogens is 102 g/mol. The zero-order chi connectivity index (χ0) is 5.56. The molecular formula is C6H11NO. The van der Waals surface area contributed by atoms with E-state index in [-0.39, 0.29) is 0 Å². The van der Waals surface area contributed by atoms with E-state index in [9.17, 15) is 0 Å². The molecule has 0 radical (unpaired) electrons. The van der Waals surface area contributed by atoms with Gasteiger partial charge in [0.25, 0.3) is 0 Å². The Morgan fingerprint density at radius 2 is 2.25 bits per heavy atom. The van der Waals surface area contributed by atoms with E-state index in [4.69, 9.17) is 4.74 Å². The number of hydrogen-bond donors (Lipinski definition) is 1. The van der Waals surface area contributed by atoms with Crippen molar-refractivity contribution >= 4 is 0 Å². The molecule has 2 nitrogen and oxygen atoms in total. The molecule has 3 fully saturated rings. The van der Waals surface area contributed by atoms with Crippen molar-refractivity contribution in [1.29, 1.82) is 0 Å². The minimum absolute atomic E-state index is 0.528. The molecule has 2 bridgehead atoms. The summed E-state index contributed by atoms with van der Waals surface area (Å²) in [6, 6.07) is 1.50. The summed E-state index contributed by atoms with van der Waals surface area (Å²) < 4.78 is 5.20. The van der Waals surface area contributed by atoms with Gasteiger partial charge in [-0.25, -0.2) is 0 Å². The summed E-state index contributed by atoms with van der Waals surface area (Å²) in [4.78, 5) is 0. The first-order chi connectivity index (χ1) is 3.90. The van der Waals surface area contributed by atoms with Gasteiger partial charge in [-0.3, -0.25) is 0 Å². The Kier molecular flexibility index (Phi) is 0.866. The van der Waals surface area contributed by atoms with Crippen LogP contribution in [0.4, 0.5) is 0 Å². The van der Waals surface area contributed by atoms with E-state index < -0.39 is 0 Å². The predicted molar refractivity (Wildman–Crippen MR) is 30.7 cm³/mol. The van der Waals surface area contributed by atoms with Crippen LogP contribution in [0.15, 0.2) is 0 Å². The molecule has 3 rings (SSSR count). The summed E-state index contributed by atoms with van der Waals surface area (Å²) in [5.74, 6) is 0. The highest BCUT2D eigenvalue weighted by molar-refractivity contribution is 5.03. The lowest BCUT2D eigenvalue weighted by Gasteiger charge is -2.26. The third kappa shape index (κ3) is 0.446. The third-order valence-electron chi connectivity index (χ3n) is 2.26. The first kappa shape index (κ1) is 4.77. The monoisotopic (exact) mass is 113 g/mol. The number of hydrogen-bond acceptors (Lipinski definition) is 2. The van der Waals surface area contributed by atoms with Gasteiger partial charge in [-0.2, -0.15) is 0 Å². The maximum Gasteiger partial charge on any atom is 0.0739 e. The second-order valence-corrected chi connectivity index (χ2v) is 2.72. The van der Waals surface area contributed by atoms with Gasteiger partial charge in [0.15, 0.2) is 0 Å². The van der Waals surface area contributed by atoms with Crippen LogP contribution < -0.4 is 5.32 Å². The van der Waals surface area contributed by atoms with Gasteiger partial charge in [-0.05, 0) is 12.8 Å². The van der Waals surface area contributed by atoms with Crippen LogP contribution in [0.3, 0.4) is 0 Å². The molecule has 3 atom stereocenters. The number of ether oxygens (including phenoxy) is 1. The number of rotatable bonds is 1. The molecule has 3 aliphatic rings. The summed E-state index contributed by atoms with van der Waals surface area (Å²) in [5.41, 5.74) is 0. The standard InChI is InChI=1S/C6H11NO/c1-8-6-3-4-2-5(6)7-4/h4-7H,2-3H2,1H3/t4-,5+,6-/m1/s1. The summed E-state index contributed by atoms with van der Waals surface area (Å²) in [6.45, 7) is 0. The summed E-state index contributed by atoms with van der Waals surface area (Å²) >= 11 is 0. The quantitative estimate of drug-likeness (QED) is 0.522. The van der Waals surface area contributed by atoms with E-state index >= 15 is 0 Å². The normalized spacial score (nSPS) is 51.4. The van der Waals surface area contributed by atoms with Crippen molar-refractivity contribution in [2.75, 3.05) is 7.11 Å². The average Bonchev–Trinajstić information content (AvgIpc) is 2.15. The van der Waals surface area contributed by atoms with Crippen LogP contribution in [-0.4, -0.2) is 25.3 Å². The molecule has 0 amide bonds. The molecule has 1 aliphatic carbocycles. The van der Waals surface area contributed by atoms with Crippen LogP contribution in [0, 0.1) is 0 Å². The zero-order valence-corrected chi connectivity index (χ0v) is 5.05. The molecule has 2 heterocycles. The van der Waals surface area contributed by atoms with Crippen molar-refractivity contribution in [3.63, 3.8) is 0 Å². The Hall–Kier alpha value is -0.0800. The van der Waals surface area contributed by atoms with Crippen LogP contribution in [0.5, 0.6) is 0 Å². The minimum Gasteiger partial charge on any atom is -0.380 e. The highest BCUT2D eigenvalue weighted by Crippen LogP contribution is 2.31. The van der Waals surface area contributed by atoms with Gasteiger partial charge in [0.05, 0.1) is 6.10 Å². The predicted octanol–water partition coefficient (Wildman–Crippen LogP) is 0.136.